The largest absolute Gasteiger partial charge is 0.464 e. The number of aromatic nitrogens is 2. The zero-order valence-corrected chi connectivity index (χ0v) is 10.6. The zero-order chi connectivity index (χ0) is 13.5. The van der Waals surface area contributed by atoms with Crippen molar-refractivity contribution in [3.8, 4) is 0 Å². The van der Waals surface area contributed by atoms with E-state index in [4.69, 9.17) is 0 Å². The normalized spacial score (nSPS) is 9.72. The highest BCUT2D eigenvalue weighted by Crippen LogP contribution is 2.09. The Labute approximate surface area is 105 Å². The molecule has 1 N–H and O–H groups in total. The molecular weight excluding hydrogens is 236 g/mol. The summed E-state index contributed by atoms with van der Waals surface area (Å²) in [6.45, 7) is 2.62. The number of nitrogens with zero attached hydrogens (tertiary/aromatic N) is 3. The van der Waals surface area contributed by atoms with Gasteiger partial charge in [-0.05, 0) is 6.92 Å². The van der Waals surface area contributed by atoms with Crippen LogP contribution in [-0.4, -0.2) is 49.1 Å². The number of nitrogens with one attached hydrogen (secondary N) is 1. The van der Waals surface area contributed by atoms with Crippen molar-refractivity contribution in [1.82, 2.24) is 15.3 Å². The number of methoxy groups -OCH3 is 1. The maximum atomic E-state index is 11.3. The van der Waals surface area contributed by atoms with Crippen LogP contribution in [0.15, 0.2) is 12.4 Å². The highest BCUT2D eigenvalue weighted by Gasteiger charge is 2.14. The Hall–Kier alpha value is -2.18. The molecule has 0 saturated heterocycles. The minimum atomic E-state index is -0.555. The molecule has 1 rings (SSSR count). The fourth-order valence-electron chi connectivity index (χ4n) is 1.32. The van der Waals surface area contributed by atoms with E-state index in [2.05, 4.69) is 20.0 Å². The van der Waals surface area contributed by atoms with Crippen LogP contribution < -0.4 is 10.2 Å². The Morgan fingerprint density at radius 3 is 2.72 bits per heavy atom. The number of carbonyl (C=O) groups excluding carboxylic acids is 2. The van der Waals surface area contributed by atoms with Gasteiger partial charge in [-0.25, -0.2) is 9.78 Å². The molecule has 0 aliphatic rings. The van der Waals surface area contributed by atoms with Crippen LogP contribution in [0.2, 0.25) is 0 Å². The van der Waals surface area contributed by atoms with E-state index in [1.165, 1.54) is 19.5 Å². The van der Waals surface area contributed by atoms with Crippen molar-refractivity contribution >= 4 is 17.7 Å². The maximum absolute atomic E-state index is 11.3. The van der Waals surface area contributed by atoms with Gasteiger partial charge in [0.15, 0.2) is 5.69 Å². The van der Waals surface area contributed by atoms with Gasteiger partial charge in [-0.2, -0.15) is 0 Å². The molecule has 0 radical (unpaired) electrons. The summed E-state index contributed by atoms with van der Waals surface area (Å²) in [6, 6.07) is 0. The third kappa shape index (κ3) is 3.41. The van der Waals surface area contributed by atoms with Crippen molar-refractivity contribution in [2.24, 2.45) is 0 Å². The summed E-state index contributed by atoms with van der Waals surface area (Å²) in [6.07, 6.45) is 2.82. The summed E-state index contributed by atoms with van der Waals surface area (Å²) in [5.74, 6) is -0.230. The Morgan fingerprint density at radius 1 is 1.44 bits per heavy atom. The number of carbonyl (C=O) groups is 2. The first-order valence-corrected chi connectivity index (χ1v) is 5.48. The van der Waals surface area contributed by atoms with E-state index in [1.807, 2.05) is 6.92 Å². The van der Waals surface area contributed by atoms with Crippen LogP contribution in [0.25, 0.3) is 0 Å². The number of hydrogen-bond donors (Lipinski definition) is 1. The molecule has 0 unspecified atom stereocenters. The van der Waals surface area contributed by atoms with Gasteiger partial charge in [0.2, 0.25) is 5.91 Å². The van der Waals surface area contributed by atoms with Crippen LogP contribution in [-0.2, 0) is 9.53 Å². The van der Waals surface area contributed by atoms with Gasteiger partial charge in [0.1, 0.15) is 5.82 Å². The third-order valence-corrected chi connectivity index (χ3v) is 2.34. The predicted molar refractivity (Wildman–Crippen MR) is 65.3 cm³/mol. The van der Waals surface area contributed by atoms with Gasteiger partial charge in [-0.15, -0.1) is 0 Å². The second-order valence-electron chi connectivity index (χ2n) is 3.44. The van der Waals surface area contributed by atoms with Crippen molar-refractivity contribution in [1.29, 1.82) is 0 Å². The topological polar surface area (TPSA) is 84.4 Å². The van der Waals surface area contributed by atoms with Gasteiger partial charge in [-0.1, -0.05) is 0 Å². The lowest BCUT2D eigenvalue weighted by atomic mass is 10.4. The van der Waals surface area contributed by atoms with Gasteiger partial charge in [0.05, 0.1) is 26.0 Å². The third-order valence-electron chi connectivity index (χ3n) is 2.34. The summed E-state index contributed by atoms with van der Waals surface area (Å²) in [5.41, 5.74) is 0.116. The van der Waals surface area contributed by atoms with Crippen LogP contribution in [0, 0.1) is 0 Å². The van der Waals surface area contributed by atoms with Crippen molar-refractivity contribution in [3.05, 3.63) is 18.1 Å². The number of esters is 1. The molecule has 0 bridgehead atoms. The van der Waals surface area contributed by atoms with Gasteiger partial charge < -0.3 is 15.0 Å². The zero-order valence-electron chi connectivity index (χ0n) is 10.6. The lowest BCUT2D eigenvalue weighted by Gasteiger charge is -2.20. The highest BCUT2D eigenvalue weighted by molar-refractivity contribution is 5.87. The first kappa shape index (κ1) is 13.9. The van der Waals surface area contributed by atoms with Crippen molar-refractivity contribution in [2.45, 2.75) is 6.92 Å². The number of hydrogen-bond acceptors (Lipinski definition) is 6. The first-order chi connectivity index (χ1) is 8.62. The Morgan fingerprint density at radius 2 is 2.17 bits per heavy atom. The van der Waals surface area contributed by atoms with Crippen LogP contribution in [0.3, 0.4) is 0 Å². The minimum absolute atomic E-state index is 0.116. The molecule has 1 aromatic heterocycles. The molecule has 1 amide bonds. The van der Waals surface area contributed by atoms with Crippen molar-refractivity contribution < 1.29 is 14.3 Å². The second-order valence-corrected chi connectivity index (χ2v) is 3.44. The van der Waals surface area contributed by atoms with E-state index in [-0.39, 0.29) is 18.1 Å². The van der Waals surface area contributed by atoms with Crippen LogP contribution in [0.1, 0.15) is 17.4 Å². The molecule has 0 spiro atoms. The number of rotatable bonds is 5. The Bertz CT molecular complexity index is 436. The number of anilines is 1. The molecule has 1 aromatic rings. The molecule has 7 heteroatoms. The standard InChI is InChI=1S/C11H16N4O3/c1-4-15(7-10(16)12-2)9-6-13-5-8(14-9)11(17)18-3/h5-6H,4,7H2,1-3H3,(H,12,16). The van der Waals surface area contributed by atoms with E-state index in [0.29, 0.717) is 12.4 Å². The molecule has 18 heavy (non-hydrogen) atoms. The number of ether oxygens (including phenoxy) is 1. The molecule has 98 valence electrons. The number of amides is 1. The summed E-state index contributed by atoms with van der Waals surface area (Å²) in [4.78, 5) is 32.4. The first-order valence-electron chi connectivity index (χ1n) is 5.48. The van der Waals surface area contributed by atoms with E-state index < -0.39 is 5.97 Å². The average Bonchev–Trinajstić information content (AvgIpc) is 2.43. The average molecular weight is 252 g/mol. The van der Waals surface area contributed by atoms with Gasteiger partial charge in [0, 0.05) is 13.6 Å². The molecule has 0 saturated carbocycles. The lowest BCUT2D eigenvalue weighted by Crippen LogP contribution is -2.36. The summed E-state index contributed by atoms with van der Waals surface area (Å²) >= 11 is 0. The van der Waals surface area contributed by atoms with E-state index in [0.717, 1.165) is 0 Å². The fourth-order valence-corrected chi connectivity index (χ4v) is 1.32. The summed E-state index contributed by atoms with van der Waals surface area (Å²) < 4.78 is 4.57. The Kier molecular flexibility index (Phi) is 5.04. The van der Waals surface area contributed by atoms with E-state index in [9.17, 15) is 9.59 Å². The molecule has 0 fully saturated rings. The van der Waals surface area contributed by atoms with E-state index >= 15 is 0 Å². The lowest BCUT2D eigenvalue weighted by molar-refractivity contribution is -0.119. The molecule has 0 aliphatic heterocycles. The molecule has 0 aromatic carbocycles. The molecule has 0 atom stereocenters. The monoisotopic (exact) mass is 252 g/mol. The fraction of sp³-hybridized carbons (Fsp3) is 0.455. The van der Waals surface area contributed by atoms with Crippen molar-refractivity contribution in [3.63, 3.8) is 0 Å². The SMILES string of the molecule is CCN(CC(=O)NC)c1cncc(C(=O)OC)n1. The minimum Gasteiger partial charge on any atom is -0.464 e. The van der Waals surface area contributed by atoms with Gasteiger partial charge in [0.25, 0.3) is 0 Å². The van der Waals surface area contributed by atoms with Gasteiger partial charge >= 0.3 is 5.97 Å². The molecular formula is C11H16N4O3. The molecule has 7 nitrogen and oxygen atoms in total. The quantitative estimate of drug-likeness (QED) is 0.733. The molecule has 1 heterocycles. The van der Waals surface area contributed by atoms with Crippen LogP contribution in [0.5, 0.6) is 0 Å². The van der Waals surface area contributed by atoms with Crippen molar-refractivity contribution in [2.75, 3.05) is 32.1 Å². The Balaban J connectivity index is 2.92. The van der Waals surface area contributed by atoms with E-state index in [1.54, 1.807) is 11.9 Å². The second kappa shape index (κ2) is 6.53. The van der Waals surface area contributed by atoms with Crippen LogP contribution >= 0.6 is 0 Å². The van der Waals surface area contributed by atoms with Crippen LogP contribution in [0.4, 0.5) is 5.82 Å². The predicted octanol–water partition coefficient (Wildman–Crippen LogP) is -0.164. The smallest absolute Gasteiger partial charge is 0.358 e. The summed E-state index contributed by atoms with van der Waals surface area (Å²) in [7, 11) is 2.84. The molecule has 0 aliphatic carbocycles. The summed E-state index contributed by atoms with van der Waals surface area (Å²) in [5, 5.41) is 2.53. The maximum Gasteiger partial charge on any atom is 0.358 e. The highest BCUT2D eigenvalue weighted by atomic mass is 16.5. The van der Waals surface area contributed by atoms with Gasteiger partial charge in [-0.3, -0.25) is 9.78 Å². The number of likely N-dealkylation sites (N-methyl/N-ethyl adjacent to an activating group) is 2.